The van der Waals surface area contributed by atoms with Crippen LogP contribution < -0.4 is 10.6 Å². The van der Waals surface area contributed by atoms with Gasteiger partial charge in [0.2, 0.25) is 0 Å². The number of nitrogens with one attached hydrogen (secondary N) is 1. The van der Waals surface area contributed by atoms with E-state index in [0.29, 0.717) is 18.0 Å². The van der Waals surface area contributed by atoms with E-state index < -0.39 is 0 Å². The molecule has 0 bridgehead atoms. The topological polar surface area (TPSA) is 69.5 Å². The van der Waals surface area contributed by atoms with Crippen molar-refractivity contribution in [3.63, 3.8) is 0 Å². The Hall–Kier alpha value is -2.71. The van der Waals surface area contributed by atoms with Crippen LogP contribution in [0.5, 0.6) is 0 Å². The van der Waals surface area contributed by atoms with E-state index in [-0.39, 0.29) is 24.3 Å². The standard InChI is InChI=1S/C20H22FN3O/c1-14(2)20(16-5-7-17(21)8-6-16)23-13-19(25)24-18-9-3-15(4-10-18)11-12-22/h3-10,14,20,23H,11,13H2,1-2H3,(H,24,25)/p+1/t20-/m1/s1. The van der Waals surface area contributed by atoms with Gasteiger partial charge in [0, 0.05) is 17.2 Å². The summed E-state index contributed by atoms with van der Waals surface area (Å²) >= 11 is 0. The summed E-state index contributed by atoms with van der Waals surface area (Å²) in [6.07, 6.45) is 0.357. The van der Waals surface area contributed by atoms with Crippen molar-refractivity contribution in [1.29, 1.82) is 5.26 Å². The van der Waals surface area contributed by atoms with Crippen molar-refractivity contribution < 1.29 is 14.5 Å². The normalized spacial score (nSPS) is 11.8. The number of quaternary nitrogens is 1. The first-order valence-electron chi connectivity index (χ1n) is 8.34. The molecule has 0 fully saturated rings. The molecule has 2 aromatic carbocycles. The van der Waals surface area contributed by atoms with Gasteiger partial charge in [-0.05, 0) is 29.8 Å². The van der Waals surface area contributed by atoms with Crippen LogP contribution in [0.2, 0.25) is 0 Å². The fraction of sp³-hybridized carbons (Fsp3) is 0.300. The first-order chi connectivity index (χ1) is 12.0. The van der Waals surface area contributed by atoms with Gasteiger partial charge in [-0.2, -0.15) is 5.26 Å². The van der Waals surface area contributed by atoms with Gasteiger partial charge in [0.1, 0.15) is 11.9 Å². The van der Waals surface area contributed by atoms with Crippen LogP contribution in [0.25, 0.3) is 0 Å². The number of carbonyl (C=O) groups excluding carboxylic acids is 1. The maximum Gasteiger partial charge on any atom is 0.279 e. The summed E-state index contributed by atoms with van der Waals surface area (Å²) < 4.78 is 13.1. The minimum absolute atomic E-state index is 0.0874. The highest BCUT2D eigenvalue weighted by molar-refractivity contribution is 5.91. The number of nitriles is 1. The number of nitrogens with zero attached hydrogens (tertiary/aromatic N) is 1. The number of anilines is 1. The molecule has 1 amide bonds. The Bertz CT molecular complexity index is 733. The predicted molar refractivity (Wildman–Crippen MR) is 95.2 cm³/mol. The molecule has 0 aromatic heterocycles. The third-order valence-corrected chi connectivity index (χ3v) is 4.05. The first-order valence-corrected chi connectivity index (χ1v) is 8.34. The van der Waals surface area contributed by atoms with Gasteiger partial charge in [-0.25, -0.2) is 4.39 Å². The molecule has 4 nitrogen and oxygen atoms in total. The Morgan fingerprint density at radius 3 is 2.36 bits per heavy atom. The Morgan fingerprint density at radius 1 is 1.16 bits per heavy atom. The summed E-state index contributed by atoms with van der Waals surface area (Å²) in [5.74, 6) is -0.0480. The van der Waals surface area contributed by atoms with E-state index in [1.54, 1.807) is 24.3 Å². The molecule has 0 aliphatic rings. The SMILES string of the molecule is CC(C)[C@@H]([NH2+]CC(=O)Nc1ccc(CC#N)cc1)c1ccc(F)cc1. The predicted octanol–water partition coefficient (Wildman–Crippen LogP) is 2.79. The molecule has 0 heterocycles. The van der Waals surface area contributed by atoms with Crippen LogP contribution in [-0.4, -0.2) is 12.5 Å². The van der Waals surface area contributed by atoms with Gasteiger partial charge in [0.15, 0.2) is 6.54 Å². The van der Waals surface area contributed by atoms with E-state index in [1.165, 1.54) is 12.1 Å². The van der Waals surface area contributed by atoms with Gasteiger partial charge in [-0.15, -0.1) is 0 Å². The van der Waals surface area contributed by atoms with Crippen LogP contribution in [0.3, 0.4) is 0 Å². The van der Waals surface area contributed by atoms with E-state index in [2.05, 4.69) is 25.2 Å². The minimum Gasteiger partial charge on any atom is -0.332 e. The zero-order chi connectivity index (χ0) is 18.2. The van der Waals surface area contributed by atoms with Crippen molar-refractivity contribution >= 4 is 11.6 Å². The summed E-state index contributed by atoms with van der Waals surface area (Å²) in [6, 6.07) is 15.9. The second kappa shape index (κ2) is 8.95. The number of halogens is 1. The molecule has 0 saturated heterocycles. The van der Waals surface area contributed by atoms with Crippen molar-refractivity contribution in [2.75, 3.05) is 11.9 Å². The van der Waals surface area contributed by atoms with Crippen molar-refractivity contribution in [3.05, 3.63) is 65.5 Å². The number of amides is 1. The number of carbonyl (C=O) groups is 1. The largest absolute Gasteiger partial charge is 0.332 e. The summed E-state index contributed by atoms with van der Waals surface area (Å²) in [7, 11) is 0. The zero-order valence-corrected chi connectivity index (χ0v) is 14.5. The maximum absolute atomic E-state index is 13.1. The molecule has 2 rings (SSSR count). The molecular formula is C20H23FN3O+. The van der Waals surface area contributed by atoms with Crippen LogP contribution in [0.4, 0.5) is 10.1 Å². The average Bonchev–Trinajstić information content (AvgIpc) is 2.58. The van der Waals surface area contributed by atoms with Crippen LogP contribution in [0, 0.1) is 23.1 Å². The number of rotatable bonds is 7. The lowest BCUT2D eigenvalue weighted by Crippen LogP contribution is -2.88. The molecule has 0 saturated carbocycles. The van der Waals surface area contributed by atoms with Gasteiger partial charge in [0.25, 0.3) is 5.91 Å². The quantitative estimate of drug-likeness (QED) is 0.814. The Morgan fingerprint density at radius 2 is 1.80 bits per heavy atom. The Balaban J connectivity index is 1.92. The van der Waals surface area contributed by atoms with Gasteiger partial charge in [-0.1, -0.05) is 38.1 Å². The molecule has 5 heteroatoms. The fourth-order valence-electron chi connectivity index (χ4n) is 2.72. The van der Waals surface area contributed by atoms with E-state index in [0.717, 1.165) is 11.1 Å². The molecule has 0 radical (unpaired) electrons. The fourth-order valence-corrected chi connectivity index (χ4v) is 2.72. The highest BCUT2D eigenvalue weighted by atomic mass is 19.1. The number of hydrogen-bond donors (Lipinski definition) is 2. The van der Waals surface area contributed by atoms with Gasteiger partial charge in [-0.3, -0.25) is 4.79 Å². The van der Waals surface area contributed by atoms with Crippen molar-refractivity contribution in [3.8, 4) is 6.07 Å². The second-order valence-electron chi connectivity index (χ2n) is 6.34. The third-order valence-electron chi connectivity index (χ3n) is 4.05. The number of benzene rings is 2. The van der Waals surface area contributed by atoms with Gasteiger partial charge in [0.05, 0.1) is 12.5 Å². The summed E-state index contributed by atoms with van der Waals surface area (Å²) in [6.45, 7) is 4.44. The molecule has 3 N–H and O–H groups in total. The van der Waals surface area contributed by atoms with Crippen LogP contribution in [0.1, 0.15) is 31.0 Å². The Labute approximate surface area is 147 Å². The number of hydrogen-bond acceptors (Lipinski definition) is 2. The van der Waals surface area contributed by atoms with Gasteiger partial charge < -0.3 is 10.6 Å². The Kier molecular flexibility index (Phi) is 6.67. The molecule has 0 unspecified atom stereocenters. The third kappa shape index (κ3) is 5.70. The van der Waals surface area contributed by atoms with E-state index in [1.807, 2.05) is 17.4 Å². The molecule has 0 aliphatic carbocycles. The molecule has 2 aromatic rings. The highest BCUT2D eigenvalue weighted by Crippen LogP contribution is 2.17. The molecule has 0 spiro atoms. The van der Waals surface area contributed by atoms with Crippen molar-refractivity contribution in [2.24, 2.45) is 5.92 Å². The van der Waals surface area contributed by atoms with Crippen molar-refractivity contribution in [2.45, 2.75) is 26.3 Å². The molecule has 0 aliphatic heterocycles. The van der Waals surface area contributed by atoms with E-state index >= 15 is 0 Å². The highest BCUT2D eigenvalue weighted by Gasteiger charge is 2.20. The lowest BCUT2D eigenvalue weighted by Gasteiger charge is -2.19. The molecule has 25 heavy (non-hydrogen) atoms. The first kappa shape index (κ1) is 18.6. The zero-order valence-electron chi connectivity index (χ0n) is 14.5. The molecule has 1 atom stereocenters. The smallest absolute Gasteiger partial charge is 0.279 e. The van der Waals surface area contributed by atoms with Crippen LogP contribution in [0.15, 0.2) is 48.5 Å². The monoisotopic (exact) mass is 340 g/mol. The van der Waals surface area contributed by atoms with Gasteiger partial charge >= 0.3 is 0 Å². The molecular weight excluding hydrogens is 317 g/mol. The van der Waals surface area contributed by atoms with E-state index in [9.17, 15) is 9.18 Å². The van der Waals surface area contributed by atoms with Crippen molar-refractivity contribution in [1.82, 2.24) is 0 Å². The lowest BCUT2D eigenvalue weighted by molar-refractivity contribution is -0.692. The summed E-state index contributed by atoms with van der Waals surface area (Å²) in [5.41, 5.74) is 2.64. The lowest BCUT2D eigenvalue weighted by atomic mass is 9.96. The molecule has 130 valence electrons. The van der Waals surface area contributed by atoms with E-state index in [4.69, 9.17) is 5.26 Å². The van der Waals surface area contributed by atoms with Crippen LogP contribution >= 0.6 is 0 Å². The van der Waals surface area contributed by atoms with Crippen LogP contribution in [-0.2, 0) is 11.2 Å². The average molecular weight is 340 g/mol. The minimum atomic E-state index is -0.260. The number of nitrogens with two attached hydrogens (primary N) is 1. The maximum atomic E-state index is 13.1. The summed E-state index contributed by atoms with van der Waals surface area (Å²) in [4.78, 5) is 12.2. The summed E-state index contributed by atoms with van der Waals surface area (Å²) in [5, 5.41) is 13.5. The second-order valence-corrected chi connectivity index (χ2v) is 6.34.